The van der Waals surface area contributed by atoms with Crippen molar-refractivity contribution in [2.75, 3.05) is 5.32 Å². The maximum atomic E-state index is 12.2. The van der Waals surface area contributed by atoms with E-state index in [9.17, 15) is 18.9 Å². The van der Waals surface area contributed by atoms with Crippen LogP contribution in [0, 0.1) is 16.0 Å². The Balaban J connectivity index is 1.78. The van der Waals surface area contributed by atoms with Crippen molar-refractivity contribution in [3.63, 3.8) is 0 Å². The molecule has 1 aromatic carbocycles. The van der Waals surface area contributed by atoms with Gasteiger partial charge in [0.1, 0.15) is 5.75 Å². The molecule has 25 heavy (non-hydrogen) atoms. The third kappa shape index (κ3) is 4.41. The van der Waals surface area contributed by atoms with Crippen molar-refractivity contribution in [2.45, 2.75) is 31.7 Å². The van der Waals surface area contributed by atoms with Gasteiger partial charge >= 0.3 is 12.3 Å². The lowest BCUT2D eigenvalue weighted by atomic mass is 10.1. The van der Waals surface area contributed by atoms with E-state index in [1.54, 1.807) is 0 Å². The molecule has 3 rings (SSSR count). The summed E-state index contributed by atoms with van der Waals surface area (Å²) >= 11 is 0. The van der Waals surface area contributed by atoms with Crippen molar-refractivity contribution in [3.05, 3.63) is 46.3 Å². The summed E-state index contributed by atoms with van der Waals surface area (Å²) in [5.41, 5.74) is 6.35. The van der Waals surface area contributed by atoms with E-state index in [0.717, 1.165) is 12.8 Å². The fraction of sp³-hybridized carbons (Fsp3) is 0.400. The van der Waals surface area contributed by atoms with Crippen molar-refractivity contribution in [1.29, 1.82) is 0 Å². The average molecular weight is 353 g/mol. The van der Waals surface area contributed by atoms with E-state index >= 15 is 0 Å². The van der Waals surface area contributed by atoms with E-state index < -0.39 is 17.3 Å². The Morgan fingerprint density at radius 1 is 1.44 bits per heavy atom. The largest absolute Gasteiger partial charge is 0.435 e. The molecule has 1 aliphatic carbocycles. The van der Waals surface area contributed by atoms with Gasteiger partial charge in [0, 0.05) is 12.1 Å². The Bertz CT molecular complexity index is 718. The normalized spacial score (nSPS) is 22.7. The van der Waals surface area contributed by atoms with Gasteiger partial charge < -0.3 is 15.4 Å². The highest BCUT2D eigenvalue weighted by molar-refractivity contribution is 6.06. The molecule has 10 heteroatoms. The SMILES string of the molecule is NC1(CC2CC2)N=C(Nc2ccc(OC(F)F)cc2)C([N+](=O)[O-])=CN1. The second-order valence-corrected chi connectivity index (χ2v) is 5.99. The predicted molar refractivity (Wildman–Crippen MR) is 86.6 cm³/mol. The Hall–Kier alpha value is -2.75. The molecule has 1 aromatic rings. The van der Waals surface area contributed by atoms with Gasteiger partial charge in [-0.15, -0.1) is 0 Å². The molecule has 1 saturated carbocycles. The van der Waals surface area contributed by atoms with E-state index in [2.05, 4.69) is 20.4 Å². The van der Waals surface area contributed by atoms with Gasteiger partial charge in [0.15, 0.2) is 5.79 Å². The number of benzene rings is 1. The number of nitrogens with zero attached hydrogens (tertiary/aromatic N) is 2. The Kier molecular flexibility index (Phi) is 4.53. The van der Waals surface area contributed by atoms with Crippen LogP contribution in [0.4, 0.5) is 14.5 Å². The Labute approximate surface area is 141 Å². The zero-order chi connectivity index (χ0) is 18.0. The van der Waals surface area contributed by atoms with Crippen LogP contribution in [0.15, 0.2) is 41.2 Å². The molecule has 0 spiro atoms. The highest BCUT2D eigenvalue weighted by Crippen LogP contribution is 2.36. The third-order valence-corrected chi connectivity index (χ3v) is 3.85. The molecule has 0 amide bonds. The summed E-state index contributed by atoms with van der Waals surface area (Å²) in [6.07, 6.45) is 3.93. The van der Waals surface area contributed by atoms with Crippen LogP contribution >= 0.6 is 0 Å². The number of nitro groups is 1. The molecule has 0 bridgehead atoms. The van der Waals surface area contributed by atoms with Gasteiger partial charge in [0.25, 0.3) is 0 Å². The monoisotopic (exact) mass is 353 g/mol. The molecule has 0 saturated heterocycles. The van der Waals surface area contributed by atoms with Gasteiger partial charge in [-0.25, -0.2) is 4.99 Å². The van der Waals surface area contributed by atoms with Crippen molar-refractivity contribution in [1.82, 2.24) is 5.32 Å². The summed E-state index contributed by atoms with van der Waals surface area (Å²) < 4.78 is 28.6. The van der Waals surface area contributed by atoms with E-state index in [4.69, 9.17) is 5.73 Å². The van der Waals surface area contributed by atoms with Crippen molar-refractivity contribution >= 4 is 11.5 Å². The second kappa shape index (κ2) is 6.63. The predicted octanol–water partition coefficient (Wildman–Crippen LogP) is 2.23. The number of halogens is 2. The van der Waals surface area contributed by atoms with Gasteiger partial charge in [-0.05, 0) is 43.0 Å². The van der Waals surface area contributed by atoms with Crippen LogP contribution in [0.1, 0.15) is 19.3 Å². The number of anilines is 1. The molecule has 1 atom stereocenters. The number of rotatable bonds is 6. The van der Waals surface area contributed by atoms with Crippen LogP contribution in [0.5, 0.6) is 5.75 Å². The zero-order valence-electron chi connectivity index (χ0n) is 13.1. The molecule has 8 nitrogen and oxygen atoms in total. The zero-order valence-corrected chi connectivity index (χ0v) is 13.1. The first-order chi connectivity index (χ1) is 11.8. The smallest absolute Gasteiger partial charge is 0.387 e. The molecule has 134 valence electrons. The van der Waals surface area contributed by atoms with Crippen LogP contribution in [-0.2, 0) is 0 Å². The molecule has 2 aliphatic rings. The van der Waals surface area contributed by atoms with Crippen molar-refractivity contribution < 1.29 is 18.4 Å². The quantitative estimate of drug-likeness (QED) is 0.534. The van der Waals surface area contributed by atoms with E-state index in [1.165, 1.54) is 30.5 Å². The molecule has 0 aromatic heterocycles. The van der Waals surface area contributed by atoms with Crippen LogP contribution in [-0.4, -0.2) is 23.2 Å². The molecule has 1 unspecified atom stereocenters. The van der Waals surface area contributed by atoms with Crippen LogP contribution in [0.2, 0.25) is 0 Å². The standard InChI is InChI=1S/C15H17F2N5O3/c16-14(17)25-11-5-3-10(4-6-11)20-13-12(22(23)24)8-19-15(18,21-13)7-9-1-2-9/h3-6,8-9,14,19H,1-2,7,18H2,(H,20,21). The lowest BCUT2D eigenvalue weighted by Crippen LogP contribution is -2.54. The lowest BCUT2D eigenvalue weighted by Gasteiger charge is -2.29. The topological polar surface area (TPSA) is 115 Å². The van der Waals surface area contributed by atoms with Gasteiger partial charge in [-0.1, -0.05) is 0 Å². The van der Waals surface area contributed by atoms with Crippen molar-refractivity contribution in [2.24, 2.45) is 16.6 Å². The summed E-state index contributed by atoms with van der Waals surface area (Å²) in [7, 11) is 0. The molecule has 0 radical (unpaired) electrons. The summed E-state index contributed by atoms with van der Waals surface area (Å²) in [6, 6.07) is 5.56. The van der Waals surface area contributed by atoms with E-state index in [1.807, 2.05) is 0 Å². The fourth-order valence-electron chi connectivity index (χ4n) is 2.50. The van der Waals surface area contributed by atoms with Gasteiger partial charge in [0.05, 0.1) is 11.1 Å². The summed E-state index contributed by atoms with van der Waals surface area (Å²) in [5, 5.41) is 16.8. The Morgan fingerprint density at radius 2 is 2.12 bits per heavy atom. The molecule has 1 fully saturated rings. The number of hydrogen-bond donors (Lipinski definition) is 3. The first-order valence-corrected chi connectivity index (χ1v) is 7.68. The number of aliphatic imine (C=N–C) groups is 1. The average Bonchev–Trinajstić information content (AvgIpc) is 3.32. The minimum Gasteiger partial charge on any atom is -0.435 e. The van der Waals surface area contributed by atoms with Crippen LogP contribution < -0.4 is 21.1 Å². The minimum atomic E-state index is -2.92. The van der Waals surface area contributed by atoms with E-state index in [-0.39, 0.29) is 17.3 Å². The number of ether oxygens (including phenoxy) is 1. The minimum absolute atomic E-state index is 0.00873. The molecule has 4 N–H and O–H groups in total. The Morgan fingerprint density at radius 3 is 2.68 bits per heavy atom. The molecule has 1 aliphatic heterocycles. The highest BCUT2D eigenvalue weighted by Gasteiger charge is 2.38. The highest BCUT2D eigenvalue weighted by atomic mass is 19.3. The van der Waals surface area contributed by atoms with Gasteiger partial charge in [0.2, 0.25) is 5.84 Å². The number of alkyl halides is 2. The molecule has 1 heterocycles. The van der Waals surface area contributed by atoms with Crippen LogP contribution in [0.25, 0.3) is 0 Å². The van der Waals surface area contributed by atoms with Gasteiger partial charge in [-0.2, -0.15) is 8.78 Å². The maximum absolute atomic E-state index is 12.2. The van der Waals surface area contributed by atoms with Gasteiger partial charge in [-0.3, -0.25) is 15.8 Å². The fourth-order valence-corrected chi connectivity index (χ4v) is 2.50. The second-order valence-electron chi connectivity index (χ2n) is 5.99. The maximum Gasteiger partial charge on any atom is 0.387 e. The first-order valence-electron chi connectivity index (χ1n) is 7.68. The molecular weight excluding hydrogens is 336 g/mol. The molecular formula is C15H17F2N5O3. The number of hydrogen-bond acceptors (Lipinski definition) is 7. The number of nitrogens with two attached hydrogens (primary N) is 1. The summed E-state index contributed by atoms with van der Waals surface area (Å²) in [6.45, 7) is -2.92. The first kappa shape index (κ1) is 17.1. The van der Waals surface area contributed by atoms with E-state index in [0.29, 0.717) is 18.0 Å². The lowest BCUT2D eigenvalue weighted by molar-refractivity contribution is -0.415. The summed E-state index contributed by atoms with van der Waals surface area (Å²) in [4.78, 5) is 14.9. The third-order valence-electron chi connectivity index (χ3n) is 3.85. The van der Waals surface area contributed by atoms with Crippen LogP contribution in [0.3, 0.4) is 0 Å². The van der Waals surface area contributed by atoms with Crippen molar-refractivity contribution in [3.8, 4) is 5.75 Å². The number of nitrogens with one attached hydrogen (secondary N) is 2. The number of amidine groups is 1. The summed E-state index contributed by atoms with van der Waals surface area (Å²) in [5.74, 6) is -0.658.